The summed E-state index contributed by atoms with van der Waals surface area (Å²) in [6, 6.07) is 12.5. The van der Waals surface area contributed by atoms with E-state index in [9.17, 15) is 4.79 Å². The molecule has 102 valence electrons. The lowest BCUT2D eigenvalue weighted by molar-refractivity contribution is 0.100. The van der Waals surface area contributed by atoms with Gasteiger partial charge in [-0.1, -0.05) is 34.2 Å². The zero-order valence-corrected chi connectivity index (χ0v) is 12.8. The monoisotopic (exact) mass is 349 g/mol. The first-order valence-corrected chi connectivity index (χ1v) is 6.94. The van der Waals surface area contributed by atoms with Crippen LogP contribution in [0.5, 0.6) is 0 Å². The minimum Gasteiger partial charge on any atom is -0.389 e. The van der Waals surface area contributed by atoms with E-state index in [4.69, 9.17) is 23.7 Å². The molecule has 0 atom stereocenters. The van der Waals surface area contributed by atoms with Gasteiger partial charge in [-0.15, -0.1) is 0 Å². The normalized spacial score (nSPS) is 10.1. The van der Waals surface area contributed by atoms with Gasteiger partial charge in [-0.3, -0.25) is 4.79 Å². The topological polar surface area (TPSA) is 81.1 Å². The molecular formula is C14H12BrN3OS. The molecule has 4 nitrogen and oxygen atoms in total. The number of rotatable bonds is 4. The number of nitrogens with two attached hydrogens (primary N) is 2. The van der Waals surface area contributed by atoms with Crippen molar-refractivity contribution < 1.29 is 4.79 Å². The van der Waals surface area contributed by atoms with Crippen molar-refractivity contribution in [1.82, 2.24) is 0 Å². The number of amides is 1. The van der Waals surface area contributed by atoms with Crippen LogP contribution in [0.25, 0.3) is 0 Å². The summed E-state index contributed by atoms with van der Waals surface area (Å²) in [4.78, 5) is 11.5. The minimum absolute atomic E-state index is 0.292. The number of carbonyl (C=O) groups excluding carboxylic acids is 1. The Morgan fingerprint density at radius 3 is 2.55 bits per heavy atom. The summed E-state index contributed by atoms with van der Waals surface area (Å²) in [6.45, 7) is 0. The summed E-state index contributed by atoms with van der Waals surface area (Å²) >= 11 is 8.41. The average Bonchev–Trinajstić information content (AvgIpc) is 2.41. The van der Waals surface area contributed by atoms with Gasteiger partial charge in [0.05, 0.1) is 0 Å². The maximum absolute atomic E-state index is 11.2. The van der Waals surface area contributed by atoms with Crippen LogP contribution in [0, 0.1) is 0 Å². The smallest absolute Gasteiger partial charge is 0.248 e. The Labute approximate surface area is 130 Å². The van der Waals surface area contributed by atoms with Gasteiger partial charge in [-0.2, -0.15) is 0 Å². The van der Waals surface area contributed by atoms with E-state index in [0.29, 0.717) is 10.6 Å². The van der Waals surface area contributed by atoms with Crippen molar-refractivity contribution in [2.24, 2.45) is 11.5 Å². The molecule has 0 saturated heterocycles. The number of hydrogen-bond donors (Lipinski definition) is 3. The van der Waals surface area contributed by atoms with Gasteiger partial charge in [0.2, 0.25) is 5.91 Å². The molecule has 0 spiro atoms. The fourth-order valence-corrected chi connectivity index (χ4v) is 2.27. The highest BCUT2D eigenvalue weighted by Crippen LogP contribution is 2.25. The zero-order valence-electron chi connectivity index (χ0n) is 10.4. The molecule has 0 bridgehead atoms. The van der Waals surface area contributed by atoms with E-state index in [1.165, 1.54) is 0 Å². The second-order valence-electron chi connectivity index (χ2n) is 4.12. The molecule has 0 aliphatic carbocycles. The maximum Gasteiger partial charge on any atom is 0.248 e. The van der Waals surface area contributed by atoms with Crippen molar-refractivity contribution in [3.63, 3.8) is 0 Å². The predicted octanol–water partition coefficient (Wildman–Crippen LogP) is 2.93. The number of primary amides is 1. The average molecular weight is 350 g/mol. The molecule has 20 heavy (non-hydrogen) atoms. The quantitative estimate of drug-likeness (QED) is 0.741. The Morgan fingerprint density at radius 2 is 1.90 bits per heavy atom. The van der Waals surface area contributed by atoms with Crippen LogP contribution in [-0.2, 0) is 0 Å². The summed E-state index contributed by atoms with van der Waals surface area (Å²) in [5, 5.41) is 3.18. The molecule has 0 aliphatic heterocycles. The second kappa shape index (κ2) is 6.02. The Bertz CT molecular complexity index is 688. The van der Waals surface area contributed by atoms with Gasteiger partial charge in [0.25, 0.3) is 0 Å². The fraction of sp³-hybridized carbons (Fsp3) is 0. The van der Waals surface area contributed by atoms with Crippen LogP contribution in [0.3, 0.4) is 0 Å². The number of benzene rings is 2. The highest BCUT2D eigenvalue weighted by Gasteiger charge is 2.07. The van der Waals surface area contributed by atoms with Gasteiger partial charge in [-0.25, -0.2) is 0 Å². The lowest BCUT2D eigenvalue weighted by Gasteiger charge is -2.12. The van der Waals surface area contributed by atoms with Gasteiger partial charge < -0.3 is 16.8 Å². The van der Waals surface area contributed by atoms with Crippen LogP contribution >= 0.6 is 28.1 Å². The van der Waals surface area contributed by atoms with Crippen molar-refractivity contribution in [2.45, 2.75) is 0 Å². The van der Waals surface area contributed by atoms with E-state index in [-0.39, 0.29) is 0 Å². The Balaban J connectivity index is 2.37. The third-order valence-corrected chi connectivity index (χ3v) is 3.39. The first kappa shape index (κ1) is 14.5. The van der Waals surface area contributed by atoms with E-state index in [1.807, 2.05) is 24.3 Å². The van der Waals surface area contributed by atoms with Crippen molar-refractivity contribution in [3.05, 3.63) is 58.1 Å². The van der Waals surface area contributed by atoms with Gasteiger partial charge in [-0.05, 0) is 36.4 Å². The van der Waals surface area contributed by atoms with E-state index in [1.54, 1.807) is 18.2 Å². The Kier molecular flexibility index (Phi) is 4.36. The molecule has 2 rings (SSSR count). The molecule has 5 N–H and O–H groups in total. The van der Waals surface area contributed by atoms with Crippen molar-refractivity contribution in [3.8, 4) is 0 Å². The molecule has 0 unspecified atom stereocenters. The van der Waals surface area contributed by atoms with E-state index in [0.717, 1.165) is 21.4 Å². The van der Waals surface area contributed by atoms with Crippen LogP contribution < -0.4 is 16.8 Å². The highest BCUT2D eigenvalue weighted by molar-refractivity contribution is 9.10. The number of carbonyl (C=O) groups is 1. The highest BCUT2D eigenvalue weighted by atomic mass is 79.9. The van der Waals surface area contributed by atoms with E-state index < -0.39 is 5.91 Å². The predicted molar refractivity (Wildman–Crippen MR) is 88.3 cm³/mol. The Hall–Kier alpha value is -1.92. The first-order chi connectivity index (χ1) is 9.47. The summed E-state index contributed by atoms with van der Waals surface area (Å²) in [7, 11) is 0. The molecular weight excluding hydrogens is 338 g/mol. The van der Waals surface area contributed by atoms with Gasteiger partial charge in [0.1, 0.15) is 4.99 Å². The lowest BCUT2D eigenvalue weighted by atomic mass is 10.1. The van der Waals surface area contributed by atoms with Crippen molar-refractivity contribution >= 4 is 50.4 Å². The summed E-state index contributed by atoms with van der Waals surface area (Å²) in [5.74, 6) is -0.473. The van der Waals surface area contributed by atoms with Crippen LogP contribution in [-0.4, -0.2) is 10.9 Å². The molecule has 0 heterocycles. The van der Waals surface area contributed by atoms with Crippen LogP contribution in [0.4, 0.5) is 11.4 Å². The molecule has 2 aromatic carbocycles. The first-order valence-electron chi connectivity index (χ1n) is 5.73. The number of nitrogens with one attached hydrogen (secondary N) is 1. The second-order valence-corrected chi connectivity index (χ2v) is 5.48. The number of thiocarbonyl (C=S) groups is 1. The third kappa shape index (κ3) is 3.34. The molecule has 0 aromatic heterocycles. The number of anilines is 2. The largest absolute Gasteiger partial charge is 0.389 e. The fourth-order valence-electron chi connectivity index (χ4n) is 1.74. The minimum atomic E-state index is -0.473. The zero-order chi connectivity index (χ0) is 14.7. The molecule has 0 aliphatic rings. The van der Waals surface area contributed by atoms with Crippen LogP contribution in [0.15, 0.2) is 46.9 Å². The van der Waals surface area contributed by atoms with Crippen LogP contribution in [0.2, 0.25) is 0 Å². The van der Waals surface area contributed by atoms with Crippen molar-refractivity contribution in [1.29, 1.82) is 0 Å². The summed E-state index contributed by atoms with van der Waals surface area (Å²) < 4.78 is 0.886. The molecule has 6 heteroatoms. The standard InChI is InChI=1S/C14H12BrN3OS/c15-9-4-5-12(11(7-9)14(17)20)18-10-3-1-2-8(6-10)13(16)19/h1-7,18H,(H2,16,19)(H2,17,20). The molecule has 1 amide bonds. The molecule has 0 radical (unpaired) electrons. The van der Waals surface area contributed by atoms with Gasteiger partial charge in [0.15, 0.2) is 0 Å². The summed E-state index contributed by atoms with van der Waals surface area (Å²) in [6.07, 6.45) is 0. The molecule has 2 aromatic rings. The molecule has 0 saturated carbocycles. The SMILES string of the molecule is NC(=O)c1cccc(Nc2ccc(Br)cc2C(N)=S)c1. The van der Waals surface area contributed by atoms with Gasteiger partial charge >= 0.3 is 0 Å². The maximum atomic E-state index is 11.2. The summed E-state index contributed by atoms with van der Waals surface area (Å²) in [5.41, 5.74) is 13.6. The third-order valence-electron chi connectivity index (χ3n) is 2.67. The lowest BCUT2D eigenvalue weighted by Crippen LogP contribution is -2.13. The van der Waals surface area contributed by atoms with E-state index >= 15 is 0 Å². The van der Waals surface area contributed by atoms with E-state index in [2.05, 4.69) is 21.2 Å². The van der Waals surface area contributed by atoms with Gasteiger partial charge in [0, 0.05) is 27.0 Å². The van der Waals surface area contributed by atoms with Crippen molar-refractivity contribution in [2.75, 3.05) is 5.32 Å². The van der Waals surface area contributed by atoms with Crippen LogP contribution in [0.1, 0.15) is 15.9 Å². The number of halogens is 1. The Morgan fingerprint density at radius 1 is 1.15 bits per heavy atom. The molecule has 0 fully saturated rings. The number of hydrogen-bond acceptors (Lipinski definition) is 3.